The minimum atomic E-state index is -0.457. The largest absolute Gasteiger partial charge is 0.385 e. The Kier molecular flexibility index (Phi) is 8.41. The summed E-state index contributed by atoms with van der Waals surface area (Å²) in [5.74, 6) is -0.794. The average Bonchev–Trinajstić information content (AvgIpc) is 2.92. The highest BCUT2D eigenvalue weighted by molar-refractivity contribution is 9.10. The summed E-state index contributed by atoms with van der Waals surface area (Å²) in [5.41, 5.74) is 6.39. The maximum absolute atomic E-state index is 11.8. The van der Waals surface area contributed by atoms with E-state index in [0.29, 0.717) is 19.6 Å². The number of hydrogen-bond acceptors (Lipinski definition) is 4. The van der Waals surface area contributed by atoms with Gasteiger partial charge in [-0.2, -0.15) is 5.10 Å². The van der Waals surface area contributed by atoms with E-state index in [1.54, 1.807) is 13.3 Å². The maximum Gasteiger partial charge on any atom is 0.249 e. The summed E-state index contributed by atoms with van der Waals surface area (Å²) in [7, 11) is 1.60. The number of rotatable bonds is 9. The number of aromatic nitrogens is 1. The van der Waals surface area contributed by atoms with Gasteiger partial charge in [0.25, 0.3) is 0 Å². The van der Waals surface area contributed by atoms with Gasteiger partial charge in [-0.15, -0.1) is 0 Å². The summed E-state index contributed by atoms with van der Waals surface area (Å²) in [6.45, 7) is 5.04. The third-order valence-electron chi connectivity index (χ3n) is 4.10. The van der Waals surface area contributed by atoms with Crippen LogP contribution >= 0.6 is 15.9 Å². The molecule has 28 heavy (non-hydrogen) atoms. The van der Waals surface area contributed by atoms with Crippen molar-refractivity contribution in [1.82, 2.24) is 15.3 Å². The summed E-state index contributed by atoms with van der Waals surface area (Å²) in [4.78, 5) is 23.5. The number of ether oxygens (including phenoxy) is 1. The molecule has 1 aromatic heterocycles. The van der Waals surface area contributed by atoms with Gasteiger partial charge in [-0.1, -0.05) is 22.0 Å². The van der Waals surface area contributed by atoms with E-state index in [1.165, 1.54) is 0 Å². The third-order valence-corrected chi connectivity index (χ3v) is 4.59. The smallest absolute Gasteiger partial charge is 0.249 e. The fourth-order valence-corrected chi connectivity index (χ4v) is 3.18. The van der Waals surface area contributed by atoms with Gasteiger partial charge in [0.05, 0.1) is 6.21 Å². The predicted octanol–water partition coefficient (Wildman–Crippen LogP) is 2.85. The lowest BCUT2D eigenvalue weighted by molar-refractivity contribution is -0.129. The average molecular weight is 449 g/mol. The molecular formula is C20H25BrN4O3. The highest BCUT2D eigenvalue weighted by Gasteiger charge is 2.11. The molecule has 0 unspecified atom stereocenters. The Hall–Kier alpha value is -2.45. The summed E-state index contributed by atoms with van der Waals surface area (Å²) in [6.07, 6.45) is 2.03. The van der Waals surface area contributed by atoms with Crippen LogP contribution in [0.2, 0.25) is 0 Å². The molecule has 0 spiro atoms. The highest BCUT2D eigenvalue weighted by Crippen LogP contribution is 2.22. The van der Waals surface area contributed by atoms with Crippen molar-refractivity contribution in [2.24, 2.45) is 5.10 Å². The van der Waals surface area contributed by atoms with Gasteiger partial charge >= 0.3 is 0 Å². The Morgan fingerprint density at radius 2 is 2.04 bits per heavy atom. The van der Waals surface area contributed by atoms with E-state index < -0.39 is 5.91 Å². The molecule has 0 saturated heterocycles. The summed E-state index contributed by atoms with van der Waals surface area (Å²) in [6, 6.07) is 10.0. The van der Waals surface area contributed by atoms with Crippen LogP contribution in [0.15, 0.2) is 39.9 Å². The zero-order valence-corrected chi connectivity index (χ0v) is 17.9. The van der Waals surface area contributed by atoms with Crippen molar-refractivity contribution >= 4 is 34.0 Å². The standard InChI is InChI=1S/C20H25BrN4O3/c1-14-10-16(15(2)25(14)18-7-4-6-17(21)11-18)13-23-24-20(27)12-19(26)22-8-5-9-28-3/h4,6-7,10-11,13H,5,8-9,12H2,1-3H3,(H,22,26)(H,24,27)/b23-13+. The highest BCUT2D eigenvalue weighted by atomic mass is 79.9. The number of benzene rings is 1. The molecule has 7 nitrogen and oxygen atoms in total. The van der Waals surface area contributed by atoms with E-state index in [2.05, 4.69) is 36.3 Å². The van der Waals surface area contributed by atoms with E-state index in [0.717, 1.165) is 27.1 Å². The number of hydrazone groups is 1. The van der Waals surface area contributed by atoms with Gasteiger partial charge in [-0.25, -0.2) is 5.43 Å². The Bertz CT molecular complexity index is 861. The maximum atomic E-state index is 11.8. The molecule has 0 aliphatic rings. The van der Waals surface area contributed by atoms with E-state index in [1.807, 2.05) is 44.2 Å². The molecule has 0 radical (unpaired) electrons. The normalized spacial score (nSPS) is 11.0. The van der Waals surface area contributed by atoms with Crippen LogP contribution in [0.3, 0.4) is 0 Å². The van der Waals surface area contributed by atoms with Crippen molar-refractivity contribution in [1.29, 1.82) is 0 Å². The van der Waals surface area contributed by atoms with Crippen LogP contribution in [0.4, 0.5) is 0 Å². The lowest BCUT2D eigenvalue weighted by atomic mass is 10.2. The van der Waals surface area contributed by atoms with Gasteiger partial charge in [0.15, 0.2) is 0 Å². The van der Waals surface area contributed by atoms with E-state index in [4.69, 9.17) is 4.74 Å². The molecular weight excluding hydrogens is 424 g/mol. The molecule has 0 atom stereocenters. The summed E-state index contributed by atoms with van der Waals surface area (Å²) in [5, 5.41) is 6.64. The Balaban J connectivity index is 1.93. The van der Waals surface area contributed by atoms with Crippen molar-refractivity contribution in [2.75, 3.05) is 20.3 Å². The number of hydrogen-bond donors (Lipinski definition) is 2. The van der Waals surface area contributed by atoms with Crippen molar-refractivity contribution in [2.45, 2.75) is 26.7 Å². The SMILES string of the molecule is COCCCNC(=O)CC(=O)N/N=C/c1cc(C)n(-c2cccc(Br)c2)c1C. The zero-order valence-electron chi connectivity index (χ0n) is 16.3. The van der Waals surface area contributed by atoms with Gasteiger partial charge in [-0.3, -0.25) is 9.59 Å². The van der Waals surface area contributed by atoms with Crippen molar-refractivity contribution in [3.05, 3.63) is 51.8 Å². The number of aryl methyl sites for hydroxylation is 1. The molecule has 0 saturated carbocycles. The minimum Gasteiger partial charge on any atom is -0.385 e. The molecule has 2 amide bonds. The van der Waals surface area contributed by atoms with Gasteiger partial charge in [-0.05, 0) is 44.5 Å². The first-order valence-electron chi connectivity index (χ1n) is 8.94. The van der Waals surface area contributed by atoms with Crippen molar-refractivity contribution in [3.63, 3.8) is 0 Å². The number of nitrogens with zero attached hydrogens (tertiary/aromatic N) is 2. The molecule has 1 aromatic carbocycles. The number of carbonyl (C=O) groups is 2. The molecule has 1 heterocycles. The summed E-state index contributed by atoms with van der Waals surface area (Å²) >= 11 is 3.49. The molecule has 0 fully saturated rings. The minimum absolute atomic E-state index is 0.263. The fraction of sp³-hybridized carbons (Fsp3) is 0.350. The van der Waals surface area contributed by atoms with Crippen LogP contribution in [0.1, 0.15) is 29.8 Å². The van der Waals surface area contributed by atoms with Crippen LogP contribution in [0.25, 0.3) is 5.69 Å². The molecule has 0 aliphatic carbocycles. The zero-order chi connectivity index (χ0) is 20.5. The first kappa shape index (κ1) is 21.8. The van der Waals surface area contributed by atoms with Crippen LogP contribution in [0, 0.1) is 13.8 Å². The molecule has 8 heteroatoms. The van der Waals surface area contributed by atoms with Crippen LogP contribution < -0.4 is 10.7 Å². The Morgan fingerprint density at radius 3 is 2.75 bits per heavy atom. The third kappa shape index (κ3) is 6.31. The number of carbonyl (C=O) groups excluding carboxylic acids is 2. The second-order valence-electron chi connectivity index (χ2n) is 6.31. The second kappa shape index (κ2) is 10.8. The van der Waals surface area contributed by atoms with Gasteiger partial charge < -0.3 is 14.6 Å². The summed E-state index contributed by atoms with van der Waals surface area (Å²) < 4.78 is 8.01. The van der Waals surface area contributed by atoms with Gasteiger partial charge in [0.1, 0.15) is 6.42 Å². The first-order chi connectivity index (χ1) is 13.4. The fourth-order valence-electron chi connectivity index (χ4n) is 2.80. The topological polar surface area (TPSA) is 84.7 Å². The number of halogens is 1. The van der Waals surface area contributed by atoms with Gasteiger partial charge in [0, 0.05) is 47.4 Å². The van der Waals surface area contributed by atoms with Crippen LogP contribution in [0.5, 0.6) is 0 Å². The van der Waals surface area contributed by atoms with Crippen LogP contribution in [-0.4, -0.2) is 42.9 Å². The van der Waals surface area contributed by atoms with Crippen molar-refractivity contribution < 1.29 is 14.3 Å². The molecule has 0 aliphatic heterocycles. The Labute approximate surface area is 173 Å². The van der Waals surface area contributed by atoms with Crippen molar-refractivity contribution in [3.8, 4) is 5.69 Å². The lowest BCUT2D eigenvalue weighted by Crippen LogP contribution is -2.30. The number of methoxy groups -OCH3 is 1. The lowest BCUT2D eigenvalue weighted by Gasteiger charge is -2.09. The van der Waals surface area contributed by atoms with Gasteiger partial charge in [0.2, 0.25) is 11.8 Å². The predicted molar refractivity (Wildman–Crippen MR) is 113 cm³/mol. The number of amides is 2. The molecule has 2 aromatic rings. The first-order valence-corrected chi connectivity index (χ1v) is 9.74. The van der Waals surface area contributed by atoms with Crippen LogP contribution in [-0.2, 0) is 14.3 Å². The molecule has 2 rings (SSSR count). The number of nitrogens with one attached hydrogen (secondary N) is 2. The molecule has 2 N–H and O–H groups in total. The van der Waals surface area contributed by atoms with E-state index in [9.17, 15) is 9.59 Å². The van der Waals surface area contributed by atoms with E-state index >= 15 is 0 Å². The second-order valence-corrected chi connectivity index (χ2v) is 7.22. The molecule has 0 bridgehead atoms. The monoisotopic (exact) mass is 448 g/mol. The molecule has 150 valence electrons. The Morgan fingerprint density at radius 1 is 1.25 bits per heavy atom. The quantitative estimate of drug-likeness (QED) is 0.267. The van der Waals surface area contributed by atoms with E-state index in [-0.39, 0.29) is 12.3 Å².